The monoisotopic (exact) mass is 928 g/mol. The molecule has 0 saturated heterocycles. The van der Waals surface area contributed by atoms with Gasteiger partial charge in [-0.25, -0.2) is 0 Å². The molecule has 0 aromatic heterocycles. The Morgan fingerprint density at radius 2 is 0.778 bits per heavy atom. The number of halogens is 6. The van der Waals surface area contributed by atoms with Crippen LogP contribution < -0.4 is 31.0 Å². The van der Waals surface area contributed by atoms with Crippen LogP contribution in [0.3, 0.4) is 0 Å². The molecule has 0 bridgehead atoms. The second-order valence-corrected chi connectivity index (χ2v) is 17.3. The molecule has 0 aliphatic rings. The van der Waals surface area contributed by atoms with Crippen LogP contribution >= 0.6 is 0 Å². The Morgan fingerprint density at radius 1 is 0.492 bits per heavy atom. The fourth-order valence-corrected chi connectivity index (χ4v) is 10.2. The summed E-state index contributed by atoms with van der Waals surface area (Å²) in [5, 5.41) is 4.77. The summed E-state index contributed by atoms with van der Waals surface area (Å²) in [4.78, 5) is 27.2. The van der Waals surface area contributed by atoms with Crippen molar-refractivity contribution in [3.8, 4) is 11.5 Å². The Labute approximate surface area is 363 Å². The molecule has 4 aromatic rings. The summed E-state index contributed by atoms with van der Waals surface area (Å²) in [6, 6.07) is 14.4. The molecule has 14 nitrogen and oxygen atoms in total. The van der Waals surface area contributed by atoms with Crippen LogP contribution in [0.4, 0.5) is 49.1 Å². The number of hydrogen-bond donors (Lipinski definition) is 4. The van der Waals surface area contributed by atoms with E-state index in [0.717, 1.165) is 12.1 Å². The highest BCUT2D eigenvalue weighted by Crippen LogP contribution is 2.58. The van der Waals surface area contributed by atoms with E-state index in [-0.39, 0.29) is 62.1 Å². The number of alkyl halides is 6. The molecular weight excluding hydrogens is 879 g/mol. The molecule has 22 heteroatoms. The van der Waals surface area contributed by atoms with Gasteiger partial charge in [0, 0.05) is 62.1 Å². The summed E-state index contributed by atoms with van der Waals surface area (Å²) in [5.41, 5.74) is 3.01. The van der Waals surface area contributed by atoms with Gasteiger partial charge in [0.2, 0.25) is 5.41 Å². The van der Waals surface area contributed by atoms with Crippen molar-refractivity contribution in [3.05, 3.63) is 107 Å². The molecule has 0 aliphatic heterocycles. The minimum absolute atomic E-state index is 0.0249. The molecule has 4 aromatic carbocycles. The van der Waals surface area contributed by atoms with E-state index in [4.69, 9.17) is 46.9 Å². The third kappa shape index (κ3) is 11.7. The maximum atomic E-state index is 15.9. The highest BCUT2D eigenvalue weighted by molar-refractivity contribution is 6.55. The van der Waals surface area contributed by atoms with Gasteiger partial charge in [-0.3, -0.25) is 9.59 Å². The minimum Gasteiger partial charge on any atom is -0.478 e. The average molecular weight is 929 g/mol. The first-order valence-electron chi connectivity index (χ1n) is 19.8. The molecule has 63 heavy (non-hydrogen) atoms. The second-order valence-electron chi connectivity index (χ2n) is 13.1. The molecule has 0 unspecified atom stereocenters. The van der Waals surface area contributed by atoms with E-state index in [9.17, 15) is 9.59 Å². The molecule has 6 N–H and O–H groups in total. The number of nitrogen functional groups attached to an aromatic ring is 2. The van der Waals surface area contributed by atoms with Crippen molar-refractivity contribution in [3.63, 3.8) is 0 Å². The SMILES string of the molecule is CCO[Si](OCC)(OCC)Oc1ccc(C(c2ccc(O[Si](OCC)(OCC)OCC)c(NC(=O)c3ccc(N)cc3)c2)(C(F)(F)F)C(F)(F)F)cc1NC(=O)c1ccc(N)cc1. The van der Waals surface area contributed by atoms with E-state index >= 15 is 26.3 Å². The molecule has 2 amide bonds. The second kappa shape index (κ2) is 21.4. The summed E-state index contributed by atoms with van der Waals surface area (Å²) in [5.74, 6) is -2.77. The number of anilines is 4. The van der Waals surface area contributed by atoms with E-state index in [0.29, 0.717) is 24.3 Å². The quantitative estimate of drug-likeness (QED) is 0.0335. The van der Waals surface area contributed by atoms with Crippen molar-refractivity contribution < 1.29 is 71.3 Å². The van der Waals surface area contributed by atoms with Crippen molar-refractivity contribution in [2.45, 2.75) is 59.3 Å². The number of benzene rings is 4. The molecule has 0 atom stereocenters. The van der Waals surface area contributed by atoms with Crippen LogP contribution in [0, 0.1) is 0 Å². The van der Waals surface area contributed by atoms with E-state index in [2.05, 4.69) is 10.6 Å². The highest BCUT2D eigenvalue weighted by Gasteiger charge is 2.73. The number of nitrogens with two attached hydrogens (primary N) is 2. The fraction of sp³-hybridized carbons (Fsp3) is 0.366. The molecule has 0 radical (unpaired) electrons. The molecule has 4 rings (SSSR count). The first kappa shape index (κ1) is 50.4. The predicted octanol–water partition coefficient (Wildman–Crippen LogP) is 8.61. The van der Waals surface area contributed by atoms with Crippen LogP contribution in [-0.2, 0) is 32.0 Å². The first-order chi connectivity index (χ1) is 29.8. The van der Waals surface area contributed by atoms with Crippen molar-refractivity contribution in [1.29, 1.82) is 0 Å². The van der Waals surface area contributed by atoms with E-state index in [1.807, 2.05) is 0 Å². The summed E-state index contributed by atoms with van der Waals surface area (Å²) >= 11 is 0. The Morgan fingerprint density at radius 3 is 1.03 bits per heavy atom. The molecule has 0 heterocycles. The van der Waals surface area contributed by atoms with Gasteiger partial charge in [0.15, 0.2) is 0 Å². The van der Waals surface area contributed by atoms with E-state index in [1.165, 1.54) is 48.5 Å². The van der Waals surface area contributed by atoms with Gasteiger partial charge in [-0.2, -0.15) is 26.3 Å². The maximum absolute atomic E-state index is 15.9. The summed E-state index contributed by atoms with van der Waals surface area (Å²) in [6.45, 7) is 9.39. The van der Waals surface area contributed by atoms with Crippen molar-refractivity contribution in [2.24, 2.45) is 0 Å². The van der Waals surface area contributed by atoms with Gasteiger partial charge in [0.1, 0.15) is 11.5 Å². The van der Waals surface area contributed by atoms with Crippen LogP contribution in [0.1, 0.15) is 73.4 Å². The molecule has 0 aliphatic carbocycles. The van der Waals surface area contributed by atoms with Gasteiger partial charge in [-0.1, -0.05) is 12.1 Å². The van der Waals surface area contributed by atoms with Gasteiger partial charge >= 0.3 is 30.4 Å². The van der Waals surface area contributed by atoms with Crippen LogP contribution in [0.15, 0.2) is 84.9 Å². The molecular formula is C41H50F6N4O10Si2. The lowest BCUT2D eigenvalue weighted by molar-refractivity contribution is -0.288. The smallest absolute Gasteiger partial charge is 0.478 e. The van der Waals surface area contributed by atoms with Crippen molar-refractivity contribution in [1.82, 2.24) is 0 Å². The molecule has 0 saturated carbocycles. The Kier molecular flexibility index (Phi) is 17.2. The Balaban J connectivity index is 2.06. The van der Waals surface area contributed by atoms with Gasteiger partial charge in [-0.05, 0) is 125 Å². The third-order valence-electron chi connectivity index (χ3n) is 8.91. The minimum atomic E-state index is -6.16. The van der Waals surface area contributed by atoms with Gasteiger partial charge in [0.05, 0.1) is 11.4 Å². The Bertz CT molecular complexity index is 1960. The number of nitrogens with one attached hydrogen (secondary N) is 2. The summed E-state index contributed by atoms with van der Waals surface area (Å²) in [6.07, 6.45) is -12.3. The standard InChI is InChI=1S/C41H50F6N4O10Si2/c1-7-54-62(55-8-2,56-9-3)60-35-23-17-29(25-33(35)50-37(52)27-13-19-31(48)20-14-27)39(40(42,43)44,41(45,46)47)30-18-24-36(61-63(57-10-4,58-11-5)59-12-6)34(26-30)51-38(53)28-15-21-32(49)22-16-28/h13-26H,7-12,48-49H2,1-6H3,(H,50,52)(H,51,53). The zero-order valence-corrected chi connectivity index (χ0v) is 37.3. The van der Waals surface area contributed by atoms with Crippen LogP contribution in [-0.4, -0.2) is 81.9 Å². The third-order valence-corrected chi connectivity index (χ3v) is 13.7. The number of amides is 2. The number of carbonyl (C=O) groups is 2. The lowest BCUT2D eigenvalue weighted by Crippen LogP contribution is -2.55. The number of hydrogen-bond acceptors (Lipinski definition) is 12. The molecule has 344 valence electrons. The summed E-state index contributed by atoms with van der Waals surface area (Å²) in [7, 11) is -8.41. The maximum Gasteiger partial charge on any atom is 0.749 e. The largest absolute Gasteiger partial charge is 0.749 e. The summed E-state index contributed by atoms with van der Waals surface area (Å²) < 4.78 is 142. The first-order valence-corrected chi connectivity index (χ1v) is 23.0. The van der Waals surface area contributed by atoms with Crippen molar-refractivity contribution >= 4 is 52.7 Å². The van der Waals surface area contributed by atoms with E-state index in [1.54, 1.807) is 41.5 Å². The van der Waals surface area contributed by atoms with Crippen LogP contribution in [0.2, 0.25) is 0 Å². The number of carbonyl (C=O) groups excluding carboxylic acids is 2. The lowest BCUT2D eigenvalue weighted by Gasteiger charge is -2.39. The molecule has 0 fully saturated rings. The fourth-order valence-electron chi connectivity index (χ4n) is 6.30. The topological polar surface area (TPSA) is 184 Å². The molecule has 0 spiro atoms. The normalized spacial score (nSPS) is 12.5. The zero-order chi connectivity index (χ0) is 46.6. The Hall–Kier alpha value is -5.21. The van der Waals surface area contributed by atoms with Crippen LogP contribution in [0.25, 0.3) is 0 Å². The zero-order valence-electron chi connectivity index (χ0n) is 35.3. The van der Waals surface area contributed by atoms with E-state index < -0.39 is 81.7 Å². The van der Waals surface area contributed by atoms with Gasteiger partial charge in [-0.15, -0.1) is 0 Å². The van der Waals surface area contributed by atoms with Gasteiger partial charge in [0.25, 0.3) is 11.8 Å². The average Bonchev–Trinajstić information content (AvgIpc) is 3.20. The van der Waals surface area contributed by atoms with Crippen molar-refractivity contribution in [2.75, 3.05) is 61.7 Å². The highest BCUT2D eigenvalue weighted by atomic mass is 28.4. The predicted molar refractivity (Wildman–Crippen MR) is 226 cm³/mol. The lowest BCUT2D eigenvalue weighted by atomic mass is 9.72. The number of rotatable bonds is 22. The van der Waals surface area contributed by atoms with Crippen LogP contribution in [0.5, 0.6) is 11.5 Å². The van der Waals surface area contributed by atoms with Gasteiger partial charge < -0.3 is 57.5 Å².